The minimum absolute atomic E-state index is 0.00797. The van der Waals surface area contributed by atoms with E-state index in [4.69, 9.17) is 19.4 Å². The summed E-state index contributed by atoms with van der Waals surface area (Å²) in [7, 11) is 0.224. The Bertz CT molecular complexity index is 1040. The number of ether oxygens (including phenoxy) is 2. The highest BCUT2D eigenvalue weighted by Crippen LogP contribution is 2.43. The van der Waals surface area contributed by atoms with Gasteiger partial charge in [-0.15, -0.1) is 0 Å². The number of esters is 1. The topological polar surface area (TPSA) is 82.9 Å². The third-order valence-electron chi connectivity index (χ3n) is 5.54. The molecular formula is C23H31N3O5S. The highest BCUT2D eigenvalue weighted by Gasteiger charge is 2.37. The zero-order chi connectivity index (χ0) is 23.0. The lowest BCUT2D eigenvalue weighted by Gasteiger charge is -2.37. The Morgan fingerprint density at radius 2 is 2.09 bits per heavy atom. The maximum absolute atomic E-state index is 13.2. The molecule has 2 aromatic rings. The van der Waals surface area contributed by atoms with Crippen LogP contribution < -0.4 is 4.74 Å². The number of methoxy groups -OCH3 is 1. The van der Waals surface area contributed by atoms with Gasteiger partial charge in [-0.05, 0) is 46.6 Å². The molecule has 2 aliphatic rings. The van der Waals surface area contributed by atoms with E-state index in [0.29, 0.717) is 22.8 Å². The van der Waals surface area contributed by atoms with Gasteiger partial charge in [0.15, 0.2) is 5.69 Å². The van der Waals surface area contributed by atoms with E-state index >= 15 is 0 Å². The average Bonchev–Trinajstić information content (AvgIpc) is 3.12. The molecule has 2 atom stereocenters. The van der Waals surface area contributed by atoms with Crippen molar-refractivity contribution in [3.8, 4) is 17.0 Å². The molecule has 1 aromatic heterocycles. The number of hydrogen-bond donors (Lipinski definition) is 0. The Morgan fingerprint density at radius 1 is 1.31 bits per heavy atom. The van der Waals surface area contributed by atoms with Gasteiger partial charge in [-0.25, -0.2) is 4.79 Å². The summed E-state index contributed by atoms with van der Waals surface area (Å²) in [4.78, 5) is 19.5. The first-order valence-electron chi connectivity index (χ1n) is 11.0. The first-order valence-corrected chi connectivity index (χ1v) is 12.3. The molecule has 174 valence electrons. The number of carbonyl (C=O) groups is 1. The van der Waals surface area contributed by atoms with Crippen LogP contribution in [0.15, 0.2) is 23.1 Å². The van der Waals surface area contributed by atoms with Crippen LogP contribution in [0.4, 0.5) is 0 Å². The summed E-state index contributed by atoms with van der Waals surface area (Å²) in [6.45, 7) is 9.61. The maximum Gasteiger partial charge on any atom is 0.359 e. The molecule has 4 rings (SSSR count). The Balaban J connectivity index is 1.83. The Hall–Kier alpha value is -2.23. The van der Waals surface area contributed by atoms with Crippen molar-refractivity contribution >= 4 is 16.8 Å². The van der Waals surface area contributed by atoms with Crippen molar-refractivity contribution in [2.45, 2.75) is 62.8 Å². The summed E-state index contributed by atoms with van der Waals surface area (Å²) in [6.07, 6.45) is 1.85. The first-order chi connectivity index (χ1) is 15.2. The minimum atomic E-state index is -1.35. The van der Waals surface area contributed by atoms with Crippen LogP contribution in [0.25, 0.3) is 11.3 Å². The van der Waals surface area contributed by atoms with E-state index in [1.54, 1.807) is 14.0 Å². The van der Waals surface area contributed by atoms with E-state index in [1.807, 2.05) is 48.7 Å². The van der Waals surface area contributed by atoms with Crippen molar-refractivity contribution in [2.75, 3.05) is 26.8 Å². The average molecular weight is 462 g/mol. The van der Waals surface area contributed by atoms with E-state index in [2.05, 4.69) is 0 Å². The van der Waals surface area contributed by atoms with Gasteiger partial charge in [0.2, 0.25) is 0 Å². The van der Waals surface area contributed by atoms with Crippen molar-refractivity contribution in [1.82, 2.24) is 14.8 Å². The summed E-state index contributed by atoms with van der Waals surface area (Å²) in [5.74, 6) is 0.300. The largest absolute Gasteiger partial charge is 0.495 e. The number of hydroxylamine groups is 2. The van der Waals surface area contributed by atoms with Crippen LogP contribution in [0, 0.1) is 0 Å². The van der Waals surface area contributed by atoms with E-state index in [0.717, 1.165) is 30.6 Å². The second-order valence-corrected chi connectivity index (χ2v) is 10.4. The molecule has 2 unspecified atom stereocenters. The molecule has 2 aliphatic heterocycles. The van der Waals surface area contributed by atoms with Crippen LogP contribution in [0.2, 0.25) is 0 Å². The Labute approximate surface area is 191 Å². The SMILES string of the molecule is CCOC(=O)c1nn(C2CCCN(OC(C)(C)C)C2)c2c1CS(=O)c1c(OC)cccc1-2. The van der Waals surface area contributed by atoms with Gasteiger partial charge in [0.25, 0.3) is 0 Å². The number of piperidine rings is 1. The van der Waals surface area contributed by atoms with Gasteiger partial charge in [0, 0.05) is 24.2 Å². The molecule has 0 N–H and O–H groups in total. The molecule has 0 spiro atoms. The standard InChI is InChI=1S/C23H31N3O5S/c1-6-30-22(27)19-17-14-32(28)21-16(10-7-11-18(21)29-5)20(17)26(24-19)15-9-8-12-25(13-15)31-23(2,3)4/h7,10-11,15H,6,8-9,12-14H2,1-5H3. The summed E-state index contributed by atoms with van der Waals surface area (Å²) in [5.41, 5.74) is 2.25. The van der Waals surface area contributed by atoms with Gasteiger partial charge in [0.1, 0.15) is 5.75 Å². The molecular weight excluding hydrogens is 430 g/mol. The number of benzene rings is 1. The predicted molar refractivity (Wildman–Crippen MR) is 121 cm³/mol. The molecule has 8 nitrogen and oxygen atoms in total. The fourth-order valence-electron chi connectivity index (χ4n) is 4.41. The second-order valence-electron chi connectivity index (χ2n) is 9.06. The van der Waals surface area contributed by atoms with Crippen molar-refractivity contribution in [3.63, 3.8) is 0 Å². The lowest BCUT2D eigenvalue weighted by molar-refractivity contribution is -0.240. The zero-order valence-corrected chi connectivity index (χ0v) is 20.2. The molecule has 0 saturated carbocycles. The van der Waals surface area contributed by atoms with E-state index < -0.39 is 16.8 Å². The molecule has 3 heterocycles. The van der Waals surface area contributed by atoms with Crippen LogP contribution >= 0.6 is 0 Å². The zero-order valence-electron chi connectivity index (χ0n) is 19.3. The van der Waals surface area contributed by atoms with Gasteiger partial charge < -0.3 is 9.47 Å². The number of nitrogens with zero attached hydrogens (tertiary/aromatic N) is 3. The quantitative estimate of drug-likeness (QED) is 0.628. The maximum atomic E-state index is 13.2. The van der Waals surface area contributed by atoms with Gasteiger partial charge in [0.05, 0.1) is 52.5 Å². The lowest BCUT2D eigenvalue weighted by Crippen LogP contribution is -2.41. The number of carbonyl (C=O) groups excluding carboxylic acids is 1. The van der Waals surface area contributed by atoms with Gasteiger partial charge in [-0.2, -0.15) is 10.2 Å². The molecule has 1 fully saturated rings. The molecule has 0 radical (unpaired) electrons. The van der Waals surface area contributed by atoms with Gasteiger partial charge >= 0.3 is 5.97 Å². The van der Waals surface area contributed by atoms with Gasteiger partial charge in [-0.3, -0.25) is 13.7 Å². The van der Waals surface area contributed by atoms with E-state index in [1.165, 1.54) is 0 Å². The molecule has 0 amide bonds. The highest BCUT2D eigenvalue weighted by atomic mass is 32.2. The summed E-state index contributed by atoms with van der Waals surface area (Å²) < 4.78 is 25.9. The van der Waals surface area contributed by atoms with Crippen LogP contribution in [-0.4, -0.2) is 57.4 Å². The number of hydrogen-bond acceptors (Lipinski definition) is 7. The molecule has 9 heteroatoms. The Kier molecular flexibility index (Phi) is 6.42. The molecule has 1 aromatic carbocycles. The normalized spacial score (nSPS) is 21.0. The number of fused-ring (bicyclic) bond motifs is 3. The highest BCUT2D eigenvalue weighted by molar-refractivity contribution is 7.84. The number of aromatic nitrogens is 2. The third kappa shape index (κ3) is 4.33. The number of rotatable bonds is 5. The Morgan fingerprint density at radius 3 is 2.78 bits per heavy atom. The molecule has 0 aliphatic carbocycles. The van der Waals surface area contributed by atoms with Crippen LogP contribution in [0.1, 0.15) is 62.6 Å². The summed E-state index contributed by atoms with van der Waals surface area (Å²) in [6, 6.07) is 5.62. The smallest absolute Gasteiger partial charge is 0.359 e. The van der Waals surface area contributed by atoms with Crippen molar-refractivity contribution in [2.24, 2.45) is 0 Å². The molecule has 32 heavy (non-hydrogen) atoms. The van der Waals surface area contributed by atoms with Crippen LogP contribution in [0.5, 0.6) is 5.75 Å². The first kappa shape index (κ1) is 22.9. The van der Waals surface area contributed by atoms with Crippen LogP contribution in [0.3, 0.4) is 0 Å². The fourth-order valence-corrected chi connectivity index (χ4v) is 5.88. The minimum Gasteiger partial charge on any atom is -0.495 e. The van der Waals surface area contributed by atoms with E-state index in [9.17, 15) is 9.00 Å². The third-order valence-corrected chi connectivity index (χ3v) is 6.97. The summed E-state index contributed by atoms with van der Waals surface area (Å²) in [5, 5.41) is 6.72. The lowest BCUT2D eigenvalue weighted by atomic mass is 10.0. The molecule has 0 bridgehead atoms. The van der Waals surface area contributed by atoms with Gasteiger partial charge in [-0.1, -0.05) is 12.1 Å². The fraction of sp³-hybridized carbons (Fsp3) is 0.565. The van der Waals surface area contributed by atoms with E-state index in [-0.39, 0.29) is 29.7 Å². The second kappa shape index (κ2) is 8.96. The van der Waals surface area contributed by atoms with Crippen LogP contribution in [-0.2, 0) is 26.1 Å². The van der Waals surface area contributed by atoms with Crippen molar-refractivity contribution < 1.29 is 23.3 Å². The monoisotopic (exact) mass is 461 g/mol. The van der Waals surface area contributed by atoms with Crippen molar-refractivity contribution in [3.05, 3.63) is 29.5 Å². The predicted octanol–water partition coefficient (Wildman–Crippen LogP) is 3.72. The summed E-state index contributed by atoms with van der Waals surface area (Å²) >= 11 is 0. The molecule has 1 saturated heterocycles. The van der Waals surface area contributed by atoms with Crippen molar-refractivity contribution in [1.29, 1.82) is 0 Å².